The van der Waals surface area contributed by atoms with E-state index in [1.165, 1.54) is 173 Å². The molecule has 0 bridgehead atoms. The number of phosphoric acid groups is 1. The Hall–Kier alpha value is -2.58. The van der Waals surface area contributed by atoms with Crippen LogP contribution >= 0.6 is 7.82 Å². The number of likely N-dealkylation sites (N-methyl/N-ethyl adjacent to an activating group) is 1. The quantitative estimate of drug-likeness (QED) is 0.0243. The lowest BCUT2D eigenvalue weighted by Gasteiger charge is -2.26. The minimum atomic E-state index is -4.33. The van der Waals surface area contributed by atoms with E-state index in [1.54, 1.807) is 0 Å². The second-order valence-electron chi connectivity index (χ2n) is 23.5. The summed E-state index contributed by atoms with van der Waals surface area (Å²) in [5.74, 6) is -0.145. The predicted molar refractivity (Wildman–Crippen MR) is 346 cm³/mol. The monoisotopic (exact) mass is 1120 g/mol. The number of amides is 1. The lowest BCUT2D eigenvalue weighted by Crippen LogP contribution is -2.46. The van der Waals surface area contributed by atoms with Gasteiger partial charge in [-0.05, 0) is 77.0 Å². The summed E-state index contributed by atoms with van der Waals surface area (Å²) in [5.41, 5.74) is 0. The highest BCUT2D eigenvalue weighted by Gasteiger charge is 2.28. The van der Waals surface area contributed by atoms with Crippen LogP contribution in [0.1, 0.15) is 290 Å². The number of aliphatic hydroxyl groups excluding tert-OH is 1. The van der Waals surface area contributed by atoms with Crippen LogP contribution in [-0.2, 0) is 18.4 Å². The highest BCUT2D eigenvalue weighted by molar-refractivity contribution is 7.47. The van der Waals surface area contributed by atoms with E-state index in [0.29, 0.717) is 23.9 Å². The zero-order chi connectivity index (χ0) is 57.7. The van der Waals surface area contributed by atoms with E-state index in [0.717, 1.165) is 89.9 Å². The number of aliphatic hydroxyl groups is 1. The van der Waals surface area contributed by atoms with E-state index in [2.05, 4.69) is 116 Å². The molecule has 0 saturated heterocycles. The average Bonchev–Trinajstić information content (AvgIpc) is 3.42. The maximum atomic E-state index is 13.0. The molecule has 0 saturated carbocycles. The summed E-state index contributed by atoms with van der Waals surface area (Å²) in [5, 5.41) is 14.1. The molecular formula is C70H128N2O6P+. The van der Waals surface area contributed by atoms with Gasteiger partial charge in [-0.2, -0.15) is 0 Å². The minimum Gasteiger partial charge on any atom is -0.391 e. The first-order valence-electron chi connectivity index (χ1n) is 33.1. The molecule has 0 aromatic rings. The molecule has 8 nitrogen and oxygen atoms in total. The Bertz CT molecular complexity index is 1610. The van der Waals surface area contributed by atoms with Crippen molar-refractivity contribution < 1.29 is 32.9 Å². The van der Waals surface area contributed by atoms with Crippen molar-refractivity contribution in [1.82, 2.24) is 5.32 Å². The van der Waals surface area contributed by atoms with Crippen molar-refractivity contribution in [2.75, 3.05) is 40.9 Å². The standard InChI is InChI=1S/C70H127N2O6P/c1-6-8-10-12-14-16-18-20-22-24-26-27-28-29-30-31-32-33-34-35-36-37-38-39-40-41-42-43-44-45-46-48-50-52-54-56-58-60-62-64-70(74)71-68(67-78-79(75,76)77-66-65-72(3,4)5)69(73)63-61-59-57-55-53-51-49-47-25-23-21-19-17-15-13-11-9-7-2/h8,10,14,16,20,22,26-27,29-30,32-33,35-36,38-39,68-69,73H,6-7,9,11-13,15,17-19,21,23-25,28,31,34,37,40-67H2,1-5H3,(H-,71,74,75,76)/p+1/b10-8-,16-14-,22-20-,27-26-,30-29-,33-32-,36-35-,39-38-. The van der Waals surface area contributed by atoms with E-state index in [4.69, 9.17) is 9.05 Å². The molecule has 0 aliphatic rings. The maximum absolute atomic E-state index is 13.0. The number of allylic oxidation sites excluding steroid dienone is 16. The Kier molecular flexibility index (Phi) is 58.1. The van der Waals surface area contributed by atoms with Gasteiger partial charge in [0, 0.05) is 6.42 Å². The number of unbranched alkanes of at least 4 members (excludes halogenated alkanes) is 31. The number of hydrogen-bond acceptors (Lipinski definition) is 5. The summed E-state index contributed by atoms with van der Waals surface area (Å²) in [6.45, 7) is 4.80. The van der Waals surface area contributed by atoms with Crippen molar-refractivity contribution >= 4 is 13.7 Å². The smallest absolute Gasteiger partial charge is 0.391 e. The number of quaternary nitrogens is 1. The van der Waals surface area contributed by atoms with Crippen molar-refractivity contribution in [3.63, 3.8) is 0 Å². The average molecular weight is 1120 g/mol. The third-order valence-corrected chi connectivity index (χ3v) is 15.6. The molecule has 0 aliphatic heterocycles. The third-order valence-electron chi connectivity index (χ3n) is 14.6. The fourth-order valence-corrected chi connectivity index (χ4v) is 10.2. The van der Waals surface area contributed by atoms with E-state index in [1.807, 2.05) is 21.1 Å². The molecule has 0 aliphatic carbocycles. The van der Waals surface area contributed by atoms with Gasteiger partial charge in [0.1, 0.15) is 13.2 Å². The highest BCUT2D eigenvalue weighted by atomic mass is 31.2. The zero-order valence-corrected chi connectivity index (χ0v) is 53.2. The first kappa shape index (κ1) is 76.4. The van der Waals surface area contributed by atoms with Crippen LogP contribution in [0.5, 0.6) is 0 Å². The molecule has 0 aromatic heterocycles. The lowest BCUT2D eigenvalue weighted by molar-refractivity contribution is -0.870. The Morgan fingerprint density at radius 2 is 0.759 bits per heavy atom. The molecule has 3 N–H and O–H groups in total. The van der Waals surface area contributed by atoms with E-state index in [-0.39, 0.29) is 19.1 Å². The van der Waals surface area contributed by atoms with Crippen molar-refractivity contribution in [2.24, 2.45) is 0 Å². The lowest BCUT2D eigenvalue weighted by atomic mass is 10.0. The number of nitrogens with one attached hydrogen (secondary N) is 1. The van der Waals surface area contributed by atoms with Crippen molar-refractivity contribution in [3.05, 3.63) is 97.2 Å². The molecule has 3 atom stereocenters. The van der Waals surface area contributed by atoms with Gasteiger partial charge >= 0.3 is 7.82 Å². The molecule has 458 valence electrons. The maximum Gasteiger partial charge on any atom is 0.472 e. The fourth-order valence-electron chi connectivity index (χ4n) is 9.48. The molecule has 0 radical (unpaired) electrons. The summed E-state index contributed by atoms with van der Waals surface area (Å²) < 4.78 is 23.8. The molecule has 0 spiro atoms. The Morgan fingerprint density at radius 1 is 0.443 bits per heavy atom. The van der Waals surface area contributed by atoms with Gasteiger partial charge in [0.25, 0.3) is 0 Å². The van der Waals surface area contributed by atoms with Crippen LogP contribution in [0.15, 0.2) is 97.2 Å². The number of carbonyl (C=O) groups excluding carboxylic acids is 1. The van der Waals surface area contributed by atoms with Gasteiger partial charge in [-0.1, -0.05) is 304 Å². The Labute approximate surface area is 489 Å². The van der Waals surface area contributed by atoms with Crippen molar-refractivity contribution in [2.45, 2.75) is 302 Å². The summed E-state index contributed by atoms with van der Waals surface area (Å²) in [4.78, 5) is 23.4. The number of phosphoric ester groups is 1. The van der Waals surface area contributed by atoms with Crippen LogP contribution in [0, 0.1) is 0 Å². The molecule has 0 rings (SSSR count). The van der Waals surface area contributed by atoms with Gasteiger partial charge in [0.05, 0.1) is 39.9 Å². The molecule has 1 amide bonds. The molecule has 0 heterocycles. The van der Waals surface area contributed by atoms with Crippen molar-refractivity contribution in [3.8, 4) is 0 Å². The molecule has 79 heavy (non-hydrogen) atoms. The largest absolute Gasteiger partial charge is 0.472 e. The van der Waals surface area contributed by atoms with Gasteiger partial charge in [-0.25, -0.2) is 4.57 Å². The first-order chi connectivity index (χ1) is 38.5. The van der Waals surface area contributed by atoms with Crippen LogP contribution < -0.4 is 5.32 Å². The van der Waals surface area contributed by atoms with Gasteiger partial charge in [-0.15, -0.1) is 0 Å². The number of carbonyl (C=O) groups is 1. The molecular weight excluding hydrogens is 996 g/mol. The zero-order valence-electron chi connectivity index (χ0n) is 52.3. The predicted octanol–water partition coefficient (Wildman–Crippen LogP) is 20.9. The van der Waals surface area contributed by atoms with E-state index >= 15 is 0 Å². The van der Waals surface area contributed by atoms with Gasteiger partial charge in [0.15, 0.2) is 0 Å². The van der Waals surface area contributed by atoms with Crippen LogP contribution in [0.4, 0.5) is 0 Å². The molecule has 0 aromatic carbocycles. The third kappa shape index (κ3) is 62.9. The van der Waals surface area contributed by atoms with Gasteiger partial charge < -0.3 is 19.8 Å². The summed E-state index contributed by atoms with van der Waals surface area (Å²) >= 11 is 0. The molecule has 3 unspecified atom stereocenters. The van der Waals surface area contributed by atoms with Crippen LogP contribution in [0.2, 0.25) is 0 Å². The minimum absolute atomic E-state index is 0.0724. The number of rotatable bonds is 60. The summed E-state index contributed by atoms with van der Waals surface area (Å²) in [7, 11) is 1.62. The second kappa shape index (κ2) is 60.0. The van der Waals surface area contributed by atoms with Crippen LogP contribution in [0.3, 0.4) is 0 Å². The van der Waals surface area contributed by atoms with Crippen molar-refractivity contribution in [1.29, 1.82) is 0 Å². The molecule has 0 fully saturated rings. The molecule has 9 heteroatoms. The first-order valence-corrected chi connectivity index (χ1v) is 34.6. The van der Waals surface area contributed by atoms with Gasteiger partial charge in [-0.3, -0.25) is 13.8 Å². The Morgan fingerprint density at radius 3 is 1.11 bits per heavy atom. The fraction of sp³-hybridized carbons (Fsp3) is 0.757. The van der Waals surface area contributed by atoms with Gasteiger partial charge in [0.2, 0.25) is 5.91 Å². The summed E-state index contributed by atoms with van der Waals surface area (Å²) in [6.07, 6.45) is 86.3. The van der Waals surface area contributed by atoms with E-state index < -0.39 is 20.0 Å². The number of nitrogens with zero attached hydrogens (tertiary/aromatic N) is 1. The van der Waals surface area contributed by atoms with Crippen LogP contribution in [0.25, 0.3) is 0 Å². The number of hydrogen-bond donors (Lipinski definition) is 3. The summed E-state index contributed by atoms with van der Waals surface area (Å²) in [6, 6.07) is -0.766. The van der Waals surface area contributed by atoms with Crippen LogP contribution in [-0.4, -0.2) is 73.4 Å². The second-order valence-corrected chi connectivity index (χ2v) is 24.9. The normalized spacial score (nSPS) is 14.4. The SMILES string of the molecule is CC/C=C\C/C=C\C/C=C\C/C=C\C/C=C\C/C=C\C/C=C\C/C=C\CCCCCCCCCCCCCCCCC(=O)NC(COP(=O)(O)OCC[N+](C)(C)C)C(O)CCCCCCCCCCCCCCCCCCCC. The van der Waals surface area contributed by atoms with E-state index in [9.17, 15) is 19.4 Å². The topological polar surface area (TPSA) is 105 Å². The Balaban J connectivity index is 4.03. The highest BCUT2D eigenvalue weighted by Crippen LogP contribution is 2.43.